The van der Waals surface area contributed by atoms with E-state index in [-0.39, 0.29) is 0 Å². The van der Waals surface area contributed by atoms with Gasteiger partial charge in [-0.1, -0.05) is 30.4 Å². The van der Waals surface area contributed by atoms with Crippen LogP contribution in [0.2, 0.25) is 0 Å². The summed E-state index contributed by atoms with van der Waals surface area (Å²) < 4.78 is 49.3. The fraction of sp³-hybridized carbons (Fsp3) is 0.300. The Kier molecular flexibility index (Phi) is 5.52. The predicted molar refractivity (Wildman–Crippen MR) is 94.2 cm³/mol. The second kappa shape index (κ2) is 7.83. The molecule has 1 heterocycles. The molecule has 6 heteroatoms. The summed E-state index contributed by atoms with van der Waals surface area (Å²) in [7, 11) is 1.95. The minimum absolute atomic E-state index is 0.535. The Morgan fingerprint density at radius 1 is 1.04 bits per heavy atom. The molecule has 1 aliphatic heterocycles. The summed E-state index contributed by atoms with van der Waals surface area (Å²) in [6.07, 6.45) is -0.762. The Morgan fingerprint density at radius 3 is 2.58 bits per heavy atom. The molecule has 3 rings (SSSR count). The Labute approximate surface area is 150 Å². The average Bonchev–Trinajstić information content (AvgIpc) is 2.61. The van der Waals surface area contributed by atoms with Gasteiger partial charge in [0.2, 0.25) is 0 Å². The fourth-order valence-corrected chi connectivity index (χ4v) is 2.75. The van der Waals surface area contributed by atoms with Crippen molar-refractivity contribution in [3.63, 3.8) is 0 Å². The topological polar surface area (TPSA) is 21.7 Å². The van der Waals surface area contributed by atoms with Crippen LogP contribution in [0.1, 0.15) is 16.7 Å². The molecule has 2 aromatic carbocycles. The van der Waals surface area contributed by atoms with Crippen LogP contribution in [0.25, 0.3) is 6.08 Å². The molecular formula is C20H20F3NO2. The van der Waals surface area contributed by atoms with E-state index < -0.39 is 11.7 Å². The van der Waals surface area contributed by atoms with Crippen LogP contribution in [-0.2, 0) is 12.7 Å². The molecule has 26 heavy (non-hydrogen) atoms. The highest BCUT2D eigenvalue weighted by atomic mass is 19.4. The maximum atomic E-state index is 12.7. The maximum absolute atomic E-state index is 12.7. The molecule has 0 saturated carbocycles. The molecule has 0 aliphatic carbocycles. The van der Waals surface area contributed by atoms with Crippen molar-refractivity contribution >= 4 is 6.08 Å². The van der Waals surface area contributed by atoms with Crippen LogP contribution in [-0.4, -0.2) is 31.7 Å². The molecule has 0 aromatic heterocycles. The summed E-state index contributed by atoms with van der Waals surface area (Å²) in [5.41, 5.74) is 0.987. The molecule has 0 saturated heterocycles. The molecule has 1 aliphatic rings. The van der Waals surface area contributed by atoms with Crippen LogP contribution in [0, 0.1) is 0 Å². The van der Waals surface area contributed by atoms with Crippen molar-refractivity contribution in [1.29, 1.82) is 0 Å². The first-order chi connectivity index (χ1) is 12.4. The van der Waals surface area contributed by atoms with Gasteiger partial charge in [-0.3, -0.25) is 4.90 Å². The summed E-state index contributed by atoms with van der Waals surface area (Å²) >= 11 is 0. The van der Waals surface area contributed by atoms with Crippen LogP contribution in [0.4, 0.5) is 13.2 Å². The number of fused-ring (bicyclic) bond motifs is 1. The average molecular weight is 363 g/mol. The lowest BCUT2D eigenvalue weighted by molar-refractivity contribution is -0.137. The minimum Gasteiger partial charge on any atom is -0.486 e. The van der Waals surface area contributed by atoms with Gasteiger partial charge in [0.1, 0.15) is 13.2 Å². The molecule has 0 fully saturated rings. The maximum Gasteiger partial charge on any atom is 0.416 e. The van der Waals surface area contributed by atoms with Crippen molar-refractivity contribution in [3.05, 3.63) is 65.2 Å². The zero-order chi connectivity index (χ0) is 18.6. The van der Waals surface area contributed by atoms with Gasteiger partial charge in [0, 0.05) is 13.1 Å². The molecular weight excluding hydrogens is 343 g/mol. The van der Waals surface area contributed by atoms with Gasteiger partial charge in [0.15, 0.2) is 11.5 Å². The van der Waals surface area contributed by atoms with Crippen molar-refractivity contribution in [3.8, 4) is 11.5 Å². The van der Waals surface area contributed by atoms with Gasteiger partial charge in [-0.2, -0.15) is 13.2 Å². The van der Waals surface area contributed by atoms with Crippen LogP contribution in [0.5, 0.6) is 11.5 Å². The lowest BCUT2D eigenvalue weighted by Gasteiger charge is -2.20. The van der Waals surface area contributed by atoms with Gasteiger partial charge in [-0.25, -0.2) is 0 Å². The van der Waals surface area contributed by atoms with Gasteiger partial charge in [0.25, 0.3) is 0 Å². The normalized spacial score (nSPS) is 14.2. The largest absolute Gasteiger partial charge is 0.486 e. The van der Waals surface area contributed by atoms with Crippen molar-refractivity contribution in [2.24, 2.45) is 0 Å². The number of alkyl halides is 3. The number of ether oxygens (including phenoxy) is 2. The van der Waals surface area contributed by atoms with Gasteiger partial charge in [-0.15, -0.1) is 0 Å². The Hall–Kier alpha value is -2.47. The van der Waals surface area contributed by atoms with Crippen molar-refractivity contribution in [1.82, 2.24) is 4.90 Å². The number of nitrogens with zero attached hydrogens (tertiary/aromatic N) is 1. The lowest BCUT2D eigenvalue weighted by atomic mass is 10.1. The summed E-state index contributed by atoms with van der Waals surface area (Å²) in [4.78, 5) is 2.06. The molecule has 2 aromatic rings. The zero-order valence-corrected chi connectivity index (χ0v) is 14.4. The second-order valence-electron chi connectivity index (χ2n) is 6.20. The Morgan fingerprint density at radius 2 is 1.81 bits per heavy atom. The third-order valence-corrected chi connectivity index (χ3v) is 4.00. The Bertz CT molecular complexity index is 787. The van der Waals surface area contributed by atoms with E-state index in [4.69, 9.17) is 9.47 Å². The highest BCUT2D eigenvalue weighted by molar-refractivity contribution is 5.51. The SMILES string of the molecule is CN(CC=Cc1cccc(C(F)(F)F)c1)Cc1ccc2c(c1)OCCO2. The quantitative estimate of drug-likeness (QED) is 0.774. The van der Waals surface area contributed by atoms with E-state index >= 15 is 0 Å². The minimum atomic E-state index is -4.32. The predicted octanol–water partition coefficient (Wildman–Crippen LogP) is 4.62. The van der Waals surface area contributed by atoms with E-state index in [9.17, 15) is 13.2 Å². The van der Waals surface area contributed by atoms with E-state index in [2.05, 4.69) is 4.90 Å². The molecule has 0 atom stereocenters. The molecule has 0 unspecified atom stereocenters. The summed E-state index contributed by atoms with van der Waals surface area (Å²) in [6.45, 7) is 2.42. The summed E-state index contributed by atoms with van der Waals surface area (Å²) in [5.74, 6) is 1.51. The standard InChI is InChI=1S/C20H20F3NO2/c1-24(14-16-7-8-18-19(13-16)26-11-10-25-18)9-3-5-15-4-2-6-17(12-15)20(21,22)23/h2-8,12-13H,9-11,14H2,1H3. The molecule has 0 bridgehead atoms. The smallest absolute Gasteiger partial charge is 0.416 e. The second-order valence-corrected chi connectivity index (χ2v) is 6.20. The lowest BCUT2D eigenvalue weighted by Crippen LogP contribution is -2.19. The number of likely N-dealkylation sites (N-methyl/N-ethyl adjacent to an activating group) is 1. The van der Waals surface area contributed by atoms with E-state index in [1.165, 1.54) is 6.07 Å². The van der Waals surface area contributed by atoms with Gasteiger partial charge >= 0.3 is 6.18 Å². The first kappa shape index (κ1) is 18.3. The van der Waals surface area contributed by atoms with Crippen LogP contribution in [0.15, 0.2) is 48.5 Å². The highest BCUT2D eigenvalue weighted by Gasteiger charge is 2.30. The van der Waals surface area contributed by atoms with E-state index in [1.807, 2.05) is 31.3 Å². The molecule has 3 nitrogen and oxygen atoms in total. The number of benzene rings is 2. The van der Waals surface area contributed by atoms with E-state index in [0.29, 0.717) is 31.9 Å². The van der Waals surface area contributed by atoms with Gasteiger partial charge in [0.05, 0.1) is 5.56 Å². The third-order valence-electron chi connectivity index (χ3n) is 4.00. The van der Waals surface area contributed by atoms with Crippen molar-refractivity contribution in [2.75, 3.05) is 26.8 Å². The fourth-order valence-electron chi connectivity index (χ4n) is 2.75. The van der Waals surface area contributed by atoms with E-state index in [1.54, 1.807) is 12.1 Å². The number of rotatable bonds is 5. The highest BCUT2D eigenvalue weighted by Crippen LogP contribution is 2.31. The molecule has 0 spiro atoms. The first-order valence-electron chi connectivity index (χ1n) is 8.33. The Balaban J connectivity index is 1.57. The van der Waals surface area contributed by atoms with Crippen LogP contribution in [0.3, 0.4) is 0 Å². The summed E-state index contributed by atoms with van der Waals surface area (Å²) in [6, 6.07) is 11.1. The first-order valence-corrected chi connectivity index (χ1v) is 8.33. The van der Waals surface area contributed by atoms with Crippen LogP contribution >= 0.6 is 0 Å². The number of hydrogen-bond acceptors (Lipinski definition) is 3. The summed E-state index contributed by atoms with van der Waals surface area (Å²) in [5, 5.41) is 0. The van der Waals surface area contributed by atoms with Gasteiger partial charge < -0.3 is 9.47 Å². The molecule has 0 amide bonds. The van der Waals surface area contributed by atoms with E-state index in [0.717, 1.165) is 29.2 Å². The van der Waals surface area contributed by atoms with Crippen molar-refractivity contribution < 1.29 is 22.6 Å². The van der Waals surface area contributed by atoms with Crippen molar-refractivity contribution in [2.45, 2.75) is 12.7 Å². The number of hydrogen-bond donors (Lipinski definition) is 0. The monoisotopic (exact) mass is 363 g/mol. The van der Waals surface area contributed by atoms with Crippen LogP contribution < -0.4 is 9.47 Å². The molecule has 0 radical (unpaired) electrons. The number of halogens is 3. The third kappa shape index (κ3) is 4.79. The zero-order valence-electron chi connectivity index (χ0n) is 14.4. The van der Waals surface area contributed by atoms with Gasteiger partial charge in [-0.05, 0) is 42.4 Å². The molecule has 0 N–H and O–H groups in total. The molecule has 138 valence electrons.